The van der Waals surface area contributed by atoms with Crippen molar-refractivity contribution in [3.63, 3.8) is 0 Å². The zero-order valence-electron chi connectivity index (χ0n) is 10.4. The van der Waals surface area contributed by atoms with E-state index >= 15 is 0 Å². The third-order valence-electron chi connectivity index (χ3n) is 1.46. The normalized spacial score (nSPS) is 7.93. The Labute approximate surface area is 99.2 Å². The third-order valence-corrected chi connectivity index (χ3v) is 1.46. The lowest BCUT2D eigenvalue weighted by Crippen LogP contribution is -1.69. The summed E-state index contributed by atoms with van der Waals surface area (Å²) in [4.78, 5) is 0. The second-order valence-corrected chi connectivity index (χ2v) is 3.02. The van der Waals surface area contributed by atoms with Crippen molar-refractivity contribution in [2.24, 2.45) is 0 Å². The molecular weight excluding hydrogens is 180 g/mol. The molecule has 0 rings (SSSR count). The number of hydrogen-bond donors (Lipinski definition) is 0. The lowest BCUT2D eigenvalue weighted by atomic mass is 10.2. The summed E-state index contributed by atoms with van der Waals surface area (Å²) in [5.74, 6) is 0. The minimum absolute atomic E-state index is 0.823. The van der Waals surface area contributed by atoms with Crippen LogP contribution in [-0.4, -0.2) is 0 Å². The number of hydrogen-bond acceptors (Lipinski definition) is 0. The molecule has 0 aromatic rings. The summed E-state index contributed by atoms with van der Waals surface area (Å²) in [5, 5.41) is 0. The second-order valence-electron chi connectivity index (χ2n) is 3.02. The van der Waals surface area contributed by atoms with Crippen LogP contribution in [0.4, 0.5) is 0 Å². The van der Waals surface area contributed by atoms with Crippen molar-refractivity contribution in [1.82, 2.24) is 0 Å². The lowest BCUT2D eigenvalue weighted by Gasteiger charge is -1.90. The van der Waals surface area contributed by atoms with Crippen molar-refractivity contribution in [2.75, 3.05) is 0 Å². The number of unbranched alkanes of at least 4 members (excludes halogenated alkanes) is 3. The van der Waals surface area contributed by atoms with Crippen LogP contribution in [0.1, 0.15) is 44.9 Å². The third kappa shape index (κ3) is 42.7. The molecule has 0 amide bonds. The molecule has 0 N–H and O–H groups in total. The quantitative estimate of drug-likeness (QED) is 0.427. The smallest absolute Gasteiger partial charge is 0.103 e. The summed E-state index contributed by atoms with van der Waals surface area (Å²) < 4.78 is 0. The predicted molar refractivity (Wildman–Crippen MR) is 73.6 cm³/mol. The van der Waals surface area contributed by atoms with E-state index in [2.05, 4.69) is 48.1 Å². The molecule has 0 aromatic carbocycles. The molecule has 0 spiro atoms. The molecule has 0 heterocycles. The summed E-state index contributed by atoms with van der Waals surface area (Å²) in [6.07, 6.45) is 6.79. The molecular formula is C15H28. The van der Waals surface area contributed by atoms with Gasteiger partial charge in [0, 0.05) is 0 Å². The number of rotatable bonds is 5. The Hall–Kier alpha value is -0.650. The van der Waals surface area contributed by atoms with E-state index in [9.17, 15) is 0 Å². The molecule has 0 radical (unpaired) electrons. The molecule has 0 saturated heterocycles. The highest BCUT2D eigenvalue weighted by molar-refractivity contribution is 4.95. The molecule has 0 aliphatic rings. The minimum Gasteiger partial charge on any atom is -0.343 e. The van der Waals surface area contributed by atoms with E-state index < -0.39 is 0 Å². The van der Waals surface area contributed by atoms with Gasteiger partial charge < -0.3 is 20.8 Å². The Bertz CT molecular complexity index is 82.2. The first kappa shape index (κ1) is 19.9. The summed E-state index contributed by atoms with van der Waals surface area (Å²) in [5.41, 5.74) is 1.12. The Morgan fingerprint density at radius 2 is 1.40 bits per heavy atom. The average molecular weight is 208 g/mol. The fourth-order valence-electron chi connectivity index (χ4n) is 0.302. The van der Waals surface area contributed by atoms with Crippen LogP contribution in [0.2, 0.25) is 0 Å². The van der Waals surface area contributed by atoms with Crippen LogP contribution in [-0.2, 0) is 0 Å². The zero-order chi connectivity index (χ0) is 12.5. The average Bonchev–Trinajstić information content (AvgIpc) is 2.30. The Morgan fingerprint density at radius 3 is 1.40 bits per heavy atom. The molecule has 0 aliphatic heterocycles. The highest BCUT2D eigenvalue weighted by atomic mass is 13.8. The molecule has 0 bridgehead atoms. The Kier molecular flexibility index (Phi) is 30.8. The van der Waals surface area contributed by atoms with E-state index in [1.165, 1.54) is 6.42 Å². The van der Waals surface area contributed by atoms with Crippen LogP contribution in [0.3, 0.4) is 0 Å². The van der Waals surface area contributed by atoms with Crippen molar-refractivity contribution in [3.8, 4) is 0 Å². The Morgan fingerprint density at radius 1 is 0.933 bits per heavy atom. The first-order valence-corrected chi connectivity index (χ1v) is 5.56. The molecule has 0 aromatic heterocycles. The van der Waals surface area contributed by atoms with E-state index in [0.29, 0.717) is 0 Å². The van der Waals surface area contributed by atoms with Gasteiger partial charge in [0.15, 0.2) is 0 Å². The summed E-state index contributed by atoms with van der Waals surface area (Å²) in [6.45, 7) is 25.3. The summed E-state index contributed by atoms with van der Waals surface area (Å²) in [6, 6.07) is 0. The van der Waals surface area contributed by atoms with E-state index in [4.69, 9.17) is 0 Å². The van der Waals surface area contributed by atoms with Crippen molar-refractivity contribution < 1.29 is 0 Å². The van der Waals surface area contributed by atoms with Crippen LogP contribution in [0.15, 0.2) is 12.2 Å². The van der Waals surface area contributed by atoms with Gasteiger partial charge in [-0.15, -0.1) is 6.42 Å². The molecule has 0 fully saturated rings. The van der Waals surface area contributed by atoms with Gasteiger partial charge >= 0.3 is 0 Å². The van der Waals surface area contributed by atoms with Crippen LogP contribution in [0.5, 0.6) is 0 Å². The van der Waals surface area contributed by atoms with Gasteiger partial charge in [-0.25, -0.2) is 0 Å². The molecule has 0 saturated carbocycles. The monoisotopic (exact) mass is 208 g/mol. The molecule has 0 atom stereocenters. The first-order chi connectivity index (χ1) is 7.14. The largest absolute Gasteiger partial charge is 0.343 e. The second kappa shape index (κ2) is 23.3. The first-order valence-electron chi connectivity index (χ1n) is 5.56. The van der Waals surface area contributed by atoms with E-state index in [1.807, 2.05) is 0 Å². The van der Waals surface area contributed by atoms with Crippen molar-refractivity contribution >= 4 is 0 Å². The Balaban J connectivity index is -0.000000147. The summed E-state index contributed by atoms with van der Waals surface area (Å²) in [7, 11) is 0. The maximum absolute atomic E-state index is 3.67. The highest BCUT2D eigenvalue weighted by Gasteiger charge is 1.79. The van der Waals surface area contributed by atoms with Gasteiger partial charge in [0.25, 0.3) is 0 Å². The zero-order valence-corrected chi connectivity index (χ0v) is 10.4. The molecule has 0 unspecified atom stereocenters. The van der Waals surface area contributed by atoms with Gasteiger partial charge in [0.05, 0.1) is 33.6 Å². The number of allylic oxidation sites excluding steroid dienone is 1. The SMILES string of the molecule is C=C(C[CH2+])C[CH2-].[CH2+]CCC[CH2-].[CH2+]CC[CH2-]. The molecule has 0 nitrogen and oxygen atoms in total. The predicted octanol–water partition coefficient (Wildman–Crippen LogP) is 5.25. The van der Waals surface area contributed by atoms with Crippen molar-refractivity contribution in [1.29, 1.82) is 0 Å². The molecule has 88 valence electrons. The van der Waals surface area contributed by atoms with Gasteiger partial charge in [0.2, 0.25) is 0 Å². The maximum Gasteiger partial charge on any atom is 0.103 e. The lowest BCUT2D eigenvalue weighted by molar-refractivity contribution is 0.864. The van der Waals surface area contributed by atoms with Crippen LogP contribution >= 0.6 is 0 Å². The minimum atomic E-state index is 0.823. The molecule has 0 heteroatoms. The van der Waals surface area contributed by atoms with Gasteiger partial charge in [-0.1, -0.05) is 12.2 Å². The van der Waals surface area contributed by atoms with Gasteiger partial charge in [-0.3, -0.25) is 0 Å². The van der Waals surface area contributed by atoms with E-state index in [-0.39, 0.29) is 0 Å². The van der Waals surface area contributed by atoms with E-state index in [1.54, 1.807) is 0 Å². The fraction of sp³-hybridized carbons (Fsp3) is 0.467. The van der Waals surface area contributed by atoms with Crippen molar-refractivity contribution in [3.05, 3.63) is 53.7 Å². The van der Waals surface area contributed by atoms with Gasteiger partial charge in [0.1, 0.15) is 6.42 Å². The maximum atomic E-state index is 3.67. The van der Waals surface area contributed by atoms with Crippen LogP contribution in [0, 0.1) is 41.5 Å². The van der Waals surface area contributed by atoms with E-state index in [0.717, 1.165) is 44.1 Å². The highest BCUT2D eigenvalue weighted by Crippen LogP contribution is 1.97. The summed E-state index contributed by atoms with van der Waals surface area (Å²) >= 11 is 0. The van der Waals surface area contributed by atoms with Gasteiger partial charge in [-0.2, -0.15) is 12.8 Å². The van der Waals surface area contributed by atoms with Crippen molar-refractivity contribution in [2.45, 2.75) is 44.9 Å². The topological polar surface area (TPSA) is 0 Å². The van der Waals surface area contributed by atoms with Crippen LogP contribution in [0.25, 0.3) is 0 Å². The van der Waals surface area contributed by atoms with Crippen LogP contribution < -0.4 is 0 Å². The standard InChI is InChI=1S/C6H10.C5H10.C4H8/c1-4-6(3)5-2;1-3-5-4-2;1-3-4-2/h1-5H2;1-5H2;1-4H2. The van der Waals surface area contributed by atoms with Gasteiger partial charge in [-0.05, 0) is 6.42 Å². The molecule has 15 heavy (non-hydrogen) atoms. The fourth-order valence-corrected chi connectivity index (χ4v) is 0.302. The molecule has 0 aliphatic carbocycles.